The zero-order valence-electron chi connectivity index (χ0n) is 8.60. The molecule has 0 aromatic carbocycles. The Morgan fingerprint density at radius 3 is 2.87 bits per heavy atom. The van der Waals surface area contributed by atoms with E-state index in [1.165, 1.54) is 12.5 Å². The quantitative estimate of drug-likeness (QED) is 0.789. The summed E-state index contributed by atoms with van der Waals surface area (Å²) >= 11 is 0. The van der Waals surface area contributed by atoms with Crippen LogP contribution in [-0.2, 0) is 0 Å². The highest BCUT2D eigenvalue weighted by Gasteiger charge is 2.31. The molecular weight excluding hydrogens is 192 g/mol. The molecule has 0 bridgehead atoms. The van der Waals surface area contributed by atoms with Crippen LogP contribution in [0.2, 0.25) is 0 Å². The van der Waals surface area contributed by atoms with Crippen molar-refractivity contribution in [2.75, 3.05) is 11.9 Å². The first-order valence-corrected chi connectivity index (χ1v) is 5.10. The summed E-state index contributed by atoms with van der Waals surface area (Å²) in [7, 11) is 0. The molecule has 2 rings (SSSR count). The number of nitrogens with zero attached hydrogens (tertiary/aromatic N) is 1. The third kappa shape index (κ3) is 2.46. The second-order valence-corrected chi connectivity index (χ2v) is 4.09. The van der Waals surface area contributed by atoms with E-state index in [1.54, 1.807) is 12.3 Å². The average Bonchev–Trinajstić information content (AvgIpc) is 2.92. The van der Waals surface area contributed by atoms with Crippen LogP contribution in [0.25, 0.3) is 0 Å². The summed E-state index contributed by atoms with van der Waals surface area (Å²) in [5.74, 6) is 0.602. The van der Waals surface area contributed by atoms with E-state index in [2.05, 4.69) is 17.2 Å². The predicted octanol–water partition coefficient (Wildman–Crippen LogP) is 1.85. The minimum atomic E-state index is -0.989. The molecule has 2 atom stereocenters. The van der Waals surface area contributed by atoms with E-state index in [-0.39, 0.29) is 5.69 Å². The van der Waals surface area contributed by atoms with Crippen molar-refractivity contribution in [1.29, 1.82) is 0 Å². The van der Waals surface area contributed by atoms with Crippen molar-refractivity contribution in [2.45, 2.75) is 13.3 Å². The van der Waals surface area contributed by atoms with Gasteiger partial charge in [-0.25, -0.2) is 9.78 Å². The predicted molar refractivity (Wildman–Crippen MR) is 57.0 cm³/mol. The molecule has 1 saturated carbocycles. The Balaban J connectivity index is 1.89. The van der Waals surface area contributed by atoms with Gasteiger partial charge in [-0.05, 0) is 30.4 Å². The maximum absolute atomic E-state index is 10.5. The maximum Gasteiger partial charge on any atom is 0.354 e. The van der Waals surface area contributed by atoms with E-state index in [0.29, 0.717) is 0 Å². The molecule has 4 nitrogen and oxygen atoms in total. The number of nitrogens with one attached hydrogen (secondary N) is 1. The normalized spacial score (nSPS) is 23.5. The van der Waals surface area contributed by atoms with Gasteiger partial charge in [-0.15, -0.1) is 0 Å². The summed E-state index contributed by atoms with van der Waals surface area (Å²) in [6.45, 7) is 3.19. The maximum atomic E-state index is 10.5. The smallest absolute Gasteiger partial charge is 0.354 e. The van der Waals surface area contributed by atoms with Crippen LogP contribution < -0.4 is 5.32 Å². The molecule has 2 unspecified atom stereocenters. The third-order valence-electron chi connectivity index (χ3n) is 2.83. The van der Waals surface area contributed by atoms with Crippen LogP contribution in [0.15, 0.2) is 18.3 Å². The van der Waals surface area contributed by atoms with Crippen LogP contribution in [0.4, 0.5) is 5.69 Å². The van der Waals surface area contributed by atoms with Crippen LogP contribution in [0, 0.1) is 11.8 Å². The summed E-state index contributed by atoms with van der Waals surface area (Å²) in [4.78, 5) is 14.4. The number of carboxylic acids is 1. The number of anilines is 1. The summed E-state index contributed by atoms with van der Waals surface area (Å²) in [5.41, 5.74) is 0.972. The van der Waals surface area contributed by atoms with Crippen LogP contribution in [0.3, 0.4) is 0 Å². The molecule has 80 valence electrons. The lowest BCUT2D eigenvalue weighted by Crippen LogP contribution is -2.06. The lowest BCUT2D eigenvalue weighted by atomic mass is 10.3. The van der Waals surface area contributed by atoms with Crippen LogP contribution in [-0.4, -0.2) is 22.6 Å². The van der Waals surface area contributed by atoms with Gasteiger partial charge in [0.15, 0.2) is 0 Å². The summed E-state index contributed by atoms with van der Waals surface area (Å²) in [6.07, 6.45) is 2.85. The molecule has 0 spiro atoms. The molecule has 2 N–H and O–H groups in total. The highest BCUT2D eigenvalue weighted by atomic mass is 16.4. The number of hydrogen-bond acceptors (Lipinski definition) is 3. The number of aromatic nitrogens is 1. The molecule has 1 heterocycles. The Labute approximate surface area is 88.3 Å². The van der Waals surface area contributed by atoms with Crippen molar-refractivity contribution < 1.29 is 9.90 Å². The van der Waals surface area contributed by atoms with E-state index in [4.69, 9.17) is 5.11 Å². The van der Waals surface area contributed by atoms with Gasteiger partial charge < -0.3 is 10.4 Å². The van der Waals surface area contributed by atoms with Crippen LogP contribution in [0.5, 0.6) is 0 Å². The Hall–Kier alpha value is -1.58. The number of aromatic carboxylic acids is 1. The fourth-order valence-corrected chi connectivity index (χ4v) is 1.56. The highest BCUT2D eigenvalue weighted by Crippen LogP contribution is 2.37. The van der Waals surface area contributed by atoms with Gasteiger partial charge in [0.25, 0.3) is 0 Å². The van der Waals surface area contributed by atoms with Crippen LogP contribution >= 0.6 is 0 Å². The second-order valence-electron chi connectivity index (χ2n) is 4.09. The Bertz CT molecular complexity index is 361. The number of carbonyl (C=O) groups is 1. The number of hydrogen-bond donors (Lipinski definition) is 2. The molecular formula is C11H14N2O2. The molecule has 1 aliphatic rings. The second kappa shape index (κ2) is 3.88. The van der Waals surface area contributed by atoms with Gasteiger partial charge in [0, 0.05) is 6.54 Å². The van der Waals surface area contributed by atoms with Crippen LogP contribution in [0.1, 0.15) is 23.8 Å². The SMILES string of the molecule is CC1CC1CNc1ccc(C(=O)O)nc1. The molecule has 0 radical (unpaired) electrons. The van der Waals surface area contributed by atoms with E-state index in [0.717, 1.165) is 24.1 Å². The first kappa shape index (κ1) is 9.96. The van der Waals surface area contributed by atoms with Gasteiger partial charge in [-0.3, -0.25) is 0 Å². The first-order chi connectivity index (χ1) is 7.16. The van der Waals surface area contributed by atoms with E-state index >= 15 is 0 Å². The molecule has 1 fully saturated rings. The van der Waals surface area contributed by atoms with Crippen molar-refractivity contribution in [3.05, 3.63) is 24.0 Å². The number of rotatable bonds is 4. The molecule has 1 aromatic rings. The lowest BCUT2D eigenvalue weighted by molar-refractivity contribution is 0.0690. The molecule has 1 aromatic heterocycles. The van der Waals surface area contributed by atoms with Gasteiger partial charge in [0.05, 0.1) is 11.9 Å². The fourth-order valence-electron chi connectivity index (χ4n) is 1.56. The van der Waals surface area contributed by atoms with Crippen molar-refractivity contribution in [3.63, 3.8) is 0 Å². The Morgan fingerprint density at radius 2 is 2.40 bits per heavy atom. The topological polar surface area (TPSA) is 62.2 Å². The largest absolute Gasteiger partial charge is 0.477 e. The summed E-state index contributed by atoms with van der Waals surface area (Å²) in [6, 6.07) is 3.27. The first-order valence-electron chi connectivity index (χ1n) is 5.10. The Kier molecular flexibility index (Phi) is 2.58. The fraction of sp³-hybridized carbons (Fsp3) is 0.455. The highest BCUT2D eigenvalue weighted by molar-refractivity contribution is 5.85. The minimum absolute atomic E-state index is 0.0836. The molecule has 15 heavy (non-hydrogen) atoms. The summed E-state index contributed by atoms with van der Waals surface area (Å²) in [5, 5.41) is 11.9. The van der Waals surface area contributed by atoms with Crippen molar-refractivity contribution in [3.8, 4) is 0 Å². The van der Waals surface area contributed by atoms with Crippen molar-refractivity contribution in [1.82, 2.24) is 4.98 Å². The average molecular weight is 206 g/mol. The molecule has 4 heteroatoms. The van der Waals surface area contributed by atoms with Gasteiger partial charge in [-0.1, -0.05) is 6.92 Å². The van der Waals surface area contributed by atoms with Gasteiger partial charge in [0.1, 0.15) is 5.69 Å². The summed E-state index contributed by atoms with van der Waals surface area (Å²) < 4.78 is 0. The standard InChI is InChI=1S/C11H14N2O2/c1-7-4-8(7)5-12-9-2-3-10(11(14)15)13-6-9/h2-3,6-8,12H,4-5H2,1H3,(H,14,15). The van der Waals surface area contributed by atoms with E-state index in [9.17, 15) is 4.79 Å². The van der Waals surface area contributed by atoms with Gasteiger partial charge in [-0.2, -0.15) is 0 Å². The van der Waals surface area contributed by atoms with Crippen molar-refractivity contribution >= 4 is 11.7 Å². The van der Waals surface area contributed by atoms with Gasteiger partial charge >= 0.3 is 5.97 Å². The Morgan fingerprint density at radius 1 is 1.67 bits per heavy atom. The van der Waals surface area contributed by atoms with Gasteiger partial charge in [0.2, 0.25) is 0 Å². The monoisotopic (exact) mass is 206 g/mol. The minimum Gasteiger partial charge on any atom is -0.477 e. The molecule has 0 amide bonds. The number of carboxylic acid groups (broad SMARTS) is 1. The molecule has 0 aliphatic heterocycles. The number of pyridine rings is 1. The third-order valence-corrected chi connectivity index (χ3v) is 2.83. The zero-order chi connectivity index (χ0) is 10.8. The van der Waals surface area contributed by atoms with E-state index < -0.39 is 5.97 Å². The van der Waals surface area contributed by atoms with Crippen molar-refractivity contribution in [2.24, 2.45) is 11.8 Å². The molecule has 1 aliphatic carbocycles. The van der Waals surface area contributed by atoms with E-state index in [1.807, 2.05) is 0 Å². The lowest BCUT2D eigenvalue weighted by Gasteiger charge is -2.04. The molecule has 0 saturated heterocycles. The zero-order valence-corrected chi connectivity index (χ0v) is 8.60.